The highest BCUT2D eigenvalue weighted by molar-refractivity contribution is 5.84. The van der Waals surface area contributed by atoms with Gasteiger partial charge in [0.15, 0.2) is 0 Å². The van der Waals surface area contributed by atoms with E-state index in [2.05, 4.69) is 20.8 Å². The molecule has 106 valence electrons. The van der Waals surface area contributed by atoms with Crippen molar-refractivity contribution in [2.75, 3.05) is 25.0 Å². The van der Waals surface area contributed by atoms with Gasteiger partial charge in [0.05, 0.1) is 6.54 Å². The molecule has 1 amide bonds. The zero-order valence-corrected chi connectivity index (χ0v) is 11.5. The maximum absolute atomic E-state index is 11.9. The van der Waals surface area contributed by atoms with Gasteiger partial charge in [-0.1, -0.05) is 12.0 Å². The van der Waals surface area contributed by atoms with Crippen molar-refractivity contribution >= 4 is 11.9 Å². The molecule has 0 radical (unpaired) electrons. The van der Waals surface area contributed by atoms with E-state index in [1.54, 1.807) is 7.05 Å². The quantitative estimate of drug-likeness (QED) is 0.797. The van der Waals surface area contributed by atoms with E-state index in [1.165, 1.54) is 0 Å². The normalized spacial score (nSPS) is 19.5. The lowest BCUT2D eigenvalue weighted by Crippen LogP contribution is -2.49. The smallest absolute Gasteiger partial charge is 0.318 e. The molecule has 1 aliphatic heterocycles. The molecule has 2 rings (SSSR count). The lowest BCUT2D eigenvalue weighted by Gasteiger charge is -2.32. The predicted octanol–water partition coefficient (Wildman–Crippen LogP) is 0.284. The summed E-state index contributed by atoms with van der Waals surface area (Å²) in [7, 11) is 1.65. The molecule has 19 heavy (non-hydrogen) atoms. The first-order valence-electron chi connectivity index (χ1n) is 6.77. The zero-order chi connectivity index (χ0) is 13.7. The Balaban J connectivity index is 2.08. The fourth-order valence-corrected chi connectivity index (χ4v) is 2.26. The molecule has 0 spiro atoms. The van der Waals surface area contributed by atoms with Gasteiger partial charge < -0.3 is 20.0 Å². The number of hydrogen-bond donors (Lipinski definition) is 2. The topological polar surface area (TPSA) is 83.3 Å². The molecule has 1 unspecified atom stereocenters. The van der Waals surface area contributed by atoms with Crippen LogP contribution >= 0.6 is 0 Å². The standard InChI is InChI=1S/C12H21N5O2/c1-3-14-8-10-15-16-12(19-10)17-7-5-4-6-9(17)11(18)13-2/h9,14H,3-8H2,1-2H3,(H,13,18). The van der Waals surface area contributed by atoms with Gasteiger partial charge in [-0.3, -0.25) is 4.79 Å². The molecular formula is C12H21N5O2. The summed E-state index contributed by atoms with van der Waals surface area (Å²) < 4.78 is 5.61. The van der Waals surface area contributed by atoms with Gasteiger partial charge in [0, 0.05) is 13.6 Å². The molecule has 2 heterocycles. The molecule has 1 aromatic rings. The molecule has 1 saturated heterocycles. The number of likely N-dealkylation sites (N-methyl/N-ethyl adjacent to an activating group) is 1. The van der Waals surface area contributed by atoms with Crippen LogP contribution in [0.15, 0.2) is 4.42 Å². The molecule has 0 saturated carbocycles. The minimum atomic E-state index is -0.203. The molecule has 1 aliphatic rings. The lowest BCUT2D eigenvalue weighted by atomic mass is 10.0. The molecular weight excluding hydrogens is 246 g/mol. The molecule has 7 nitrogen and oxygen atoms in total. The van der Waals surface area contributed by atoms with Gasteiger partial charge in [0.2, 0.25) is 11.8 Å². The molecule has 1 fully saturated rings. The van der Waals surface area contributed by atoms with Crippen LogP contribution < -0.4 is 15.5 Å². The van der Waals surface area contributed by atoms with Crippen molar-refractivity contribution in [2.24, 2.45) is 0 Å². The number of carbonyl (C=O) groups is 1. The van der Waals surface area contributed by atoms with Crippen LogP contribution in [-0.2, 0) is 11.3 Å². The number of nitrogens with one attached hydrogen (secondary N) is 2. The van der Waals surface area contributed by atoms with E-state index in [0.29, 0.717) is 18.5 Å². The van der Waals surface area contributed by atoms with Gasteiger partial charge in [-0.05, 0) is 25.8 Å². The van der Waals surface area contributed by atoms with Crippen molar-refractivity contribution in [1.29, 1.82) is 0 Å². The highest BCUT2D eigenvalue weighted by Gasteiger charge is 2.31. The van der Waals surface area contributed by atoms with Crippen LogP contribution in [0.25, 0.3) is 0 Å². The highest BCUT2D eigenvalue weighted by atomic mass is 16.4. The Kier molecular flexibility index (Phi) is 4.73. The summed E-state index contributed by atoms with van der Waals surface area (Å²) in [6, 6.07) is 0.243. The van der Waals surface area contributed by atoms with Gasteiger partial charge in [0.1, 0.15) is 6.04 Å². The second-order valence-electron chi connectivity index (χ2n) is 4.58. The van der Waals surface area contributed by atoms with Crippen molar-refractivity contribution < 1.29 is 9.21 Å². The van der Waals surface area contributed by atoms with Crippen molar-refractivity contribution in [2.45, 2.75) is 38.8 Å². The van der Waals surface area contributed by atoms with Gasteiger partial charge in [0.25, 0.3) is 0 Å². The van der Waals surface area contributed by atoms with E-state index in [-0.39, 0.29) is 11.9 Å². The number of nitrogens with zero attached hydrogens (tertiary/aromatic N) is 3. The molecule has 0 bridgehead atoms. The summed E-state index contributed by atoms with van der Waals surface area (Å²) >= 11 is 0. The average molecular weight is 267 g/mol. The van der Waals surface area contributed by atoms with E-state index >= 15 is 0 Å². The Morgan fingerprint density at radius 2 is 2.32 bits per heavy atom. The number of anilines is 1. The Hall–Kier alpha value is -1.63. The monoisotopic (exact) mass is 267 g/mol. The number of carbonyl (C=O) groups excluding carboxylic acids is 1. The minimum absolute atomic E-state index is 0.00568. The summed E-state index contributed by atoms with van der Waals surface area (Å²) in [5.74, 6) is 0.559. The summed E-state index contributed by atoms with van der Waals surface area (Å²) in [6.07, 6.45) is 2.91. The van der Waals surface area contributed by atoms with Gasteiger partial charge in [-0.2, -0.15) is 0 Å². The predicted molar refractivity (Wildman–Crippen MR) is 70.7 cm³/mol. The Labute approximate surface area is 112 Å². The third kappa shape index (κ3) is 3.23. The van der Waals surface area contributed by atoms with Crippen LogP contribution in [0.4, 0.5) is 6.01 Å². The van der Waals surface area contributed by atoms with Gasteiger partial charge in [-0.15, -0.1) is 5.10 Å². The van der Waals surface area contributed by atoms with E-state index in [0.717, 1.165) is 32.4 Å². The molecule has 1 aromatic heterocycles. The van der Waals surface area contributed by atoms with E-state index < -0.39 is 0 Å². The molecule has 1 atom stereocenters. The third-order valence-electron chi connectivity index (χ3n) is 3.28. The number of aromatic nitrogens is 2. The first-order chi connectivity index (χ1) is 9.26. The number of hydrogen-bond acceptors (Lipinski definition) is 6. The summed E-state index contributed by atoms with van der Waals surface area (Å²) in [6.45, 7) is 4.20. The SMILES string of the molecule is CCNCc1nnc(N2CCCCC2C(=O)NC)o1. The second-order valence-corrected chi connectivity index (χ2v) is 4.58. The van der Waals surface area contributed by atoms with E-state index in [1.807, 2.05) is 11.8 Å². The molecule has 7 heteroatoms. The van der Waals surface area contributed by atoms with Crippen LogP contribution in [0.2, 0.25) is 0 Å². The summed E-state index contributed by atoms with van der Waals surface area (Å²) in [5, 5.41) is 13.9. The fraction of sp³-hybridized carbons (Fsp3) is 0.750. The average Bonchev–Trinajstić information content (AvgIpc) is 2.93. The Bertz CT molecular complexity index is 420. The van der Waals surface area contributed by atoms with Gasteiger partial charge in [-0.25, -0.2) is 0 Å². The first kappa shape index (κ1) is 13.8. The summed E-state index contributed by atoms with van der Waals surface area (Å²) in [4.78, 5) is 13.8. The van der Waals surface area contributed by atoms with Crippen molar-refractivity contribution in [3.8, 4) is 0 Å². The largest absolute Gasteiger partial charge is 0.407 e. The Morgan fingerprint density at radius 1 is 1.47 bits per heavy atom. The van der Waals surface area contributed by atoms with Crippen LogP contribution in [0.1, 0.15) is 32.1 Å². The third-order valence-corrected chi connectivity index (χ3v) is 3.28. The van der Waals surface area contributed by atoms with Crippen molar-refractivity contribution in [1.82, 2.24) is 20.8 Å². The highest BCUT2D eigenvalue weighted by Crippen LogP contribution is 2.23. The van der Waals surface area contributed by atoms with E-state index in [4.69, 9.17) is 4.42 Å². The molecule has 2 N–H and O–H groups in total. The Morgan fingerprint density at radius 3 is 3.05 bits per heavy atom. The molecule has 0 aromatic carbocycles. The number of rotatable bonds is 5. The molecule has 0 aliphatic carbocycles. The van der Waals surface area contributed by atoms with Crippen molar-refractivity contribution in [3.05, 3.63) is 5.89 Å². The second kappa shape index (κ2) is 6.51. The van der Waals surface area contributed by atoms with Crippen LogP contribution in [0.5, 0.6) is 0 Å². The number of piperidine rings is 1. The summed E-state index contributed by atoms with van der Waals surface area (Å²) in [5.41, 5.74) is 0. The maximum Gasteiger partial charge on any atom is 0.318 e. The zero-order valence-electron chi connectivity index (χ0n) is 11.5. The van der Waals surface area contributed by atoms with Crippen LogP contribution in [0, 0.1) is 0 Å². The first-order valence-corrected chi connectivity index (χ1v) is 6.77. The van der Waals surface area contributed by atoms with E-state index in [9.17, 15) is 4.79 Å². The fourth-order valence-electron chi connectivity index (χ4n) is 2.26. The van der Waals surface area contributed by atoms with Crippen LogP contribution in [-0.4, -0.2) is 42.3 Å². The van der Waals surface area contributed by atoms with Gasteiger partial charge >= 0.3 is 6.01 Å². The lowest BCUT2D eigenvalue weighted by molar-refractivity contribution is -0.122. The minimum Gasteiger partial charge on any atom is -0.407 e. The van der Waals surface area contributed by atoms with Crippen LogP contribution in [0.3, 0.4) is 0 Å². The maximum atomic E-state index is 11.9. The number of amides is 1. The van der Waals surface area contributed by atoms with Crippen molar-refractivity contribution in [3.63, 3.8) is 0 Å².